The second-order valence-electron chi connectivity index (χ2n) is 5.12. The van der Waals surface area contributed by atoms with Crippen LogP contribution in [0.25, 0.3) is 0 Å². The number of ether oxygens (including phenoxy) is 1. The van der Waals surface area contributed by atoms with Gasteiger partial charge in [0.1, 0.15) is 5.75 Å². The molecule has 3 N–H and O–H groups in total. The number of nitrogens with one attached hydrogen (secondary N) is 1. The van der Waals surface area contributed by atoms with Crippen molar-refractivity contribution in [3.63, 3.8) is 0 Å². The molecule has 0 spiro atoms. The number of hydrogen-bond acceptors (Lipinski definition) is 3. The van der Waals surface area contributed by atoms with Crippen LogP contribution < -0.4 is 15.8 Å². The molecule has 2 rings (SSSR count). The van der Waals surface area contributed by atoms with Crippen LogP contribution in [0.3, 0.4) is 0 Å². The largest absolute Gasteiger partial charge is 0.493 e. The smallest absolute Gasteiger partial charge is 0.122 e. The minimum Gasteiger partial charge on any atom is -0.493 e. The summed E-state index contributed by atoms with van der Waals surface area (Å²) in [5, 5.41) is 3.35. The van der Waals surface area contributed by atoms with E-state index < -0.39 is 0 Å². The fraction of sp³-hybridized carbons (Fsp3) is 0.538. The zero-order valence-electron chi connectivity index (χ0n) is 10.0. The van der Waals surface area contributed by atoms with E-state index in [2.05, 4.69) is 17.4 Å². The van der Waals surface area contributed by atoms with E-state index in [9.17, 15) is 0 Å². The van der Waals surface area contributed by atoms with Gasteiger partial charge in [0.05, 0.1) is 6.61 Å². The third-order valence-electron chi connectivity index (χ3n) is 2.66. The monoisotopic (exact) mass is 220 g/mol. The van der Waals surface area contributed by atoms with Gasteiger partial charge >= 0.3 is 0 Å². The normalized spacial score (nSPS) is 15.2. The first-order chi connectivity index (χ1) is 7.54. The van der Waals surface area contributed by atoms with Gasteiger partial charge in [-0.15, -0.1) is 0 Å². The first-order valence-electron chi connectivity index (χ1n) is 5.83. The van der Waals surface area contributed by atoms with Gasteiger partial charge in [-0.2, -0.15) is 0 Å². The summed E-state index contributed by atoms with van der Waals surface area (Å²) in [5.41, 5.74) is 8.17. The Morgan fingerprint density at radius 1 is 1.44 bits per heavy atom. The van der Waals surface area contributed by atoms with Gasteiger partial charge in [0.15, 0.2) is 0 Å². The van der Waals surface area contributed by atoms with Crippen LogP contribution in [0.15, 0.2) is 18.2 Å². The van der Waals surface area contributed by atoms with Crippen molar-refractivity contribution < 1.29 is 4.74 Å². The molecular formula is C13H20N2O. The van der Waals surface area contributed by atoms with E-state index in [0.717, 1.165) is 37.4 Å². The summed E-state index contributed by atoms with van der Waals surface area (Å²) in [6.07, 6.45) is 2.22. The summed E-state index contributed by atoms with van der Waals surface area (Å²) in [4.78, 5) is 0. The van der Waals surface area contributed by atoms with Gasteiger partial charge in [0.25, 0.3) is 0 Å². The average Bonchev–Trinajstić information content (AvgIpc) is 2.25. The molecule has 0 radical (unpaired) electrons. The van der Waals surface area contributed by atoms with Crippen molar-refractivity contribution in [2.24, 2.45) is 5.73 Å². The fourth-order valence-electron chi connectivity index (χ4n) is 1.80. The van der Waals surface area contributed by atoms with Crippen molar-refractivity contribution >= 4 is 5.69 Å². The highest BCUT2D eigenvalue weighted by atomic mass is 16.5. The fourth-order valence-corrected chi connectivity index (χ4v) is 1.80. The van der Waals surface area contributed by atoms with E-state index in [1.807, 2.05) is 19.9 Å². The molecular weight excluding hydrogens is 200 g/mol. The van der Waals surface area contributed by atoms with Crippen molar-refractivity contribution in [3.05, 3.63) is 23.8 Å². The first kappa shape index (κ1) is 11.3. The quantitative estimate of drug-likeness (QED) is 0.820. The molecule has 0 saturated carbocycles. The van der Waals surface area contributed by atoms with Gasteiger partial charge in [-0.1, -0.05) is 0 Å². The number of anilines is 1. The Balaban J connectivity index is 2.06. The van der Waals surface area contributed by atoms with Crippen LogP contribution in [0.5, 0.6) is 5.75 Å². The zero-order valence-corrected chi connectivity index (χ0v) is 10.0. The van der Waals surface area contributed by atoms with Crippen LogP contribution in [0.2, 0.25) is 0 Å². The van der Waals surface area contributed by atoms with Gasteiger partial charge < -0.3 is 15.8 Å². The zero-order chi connectivity index (χ0) is 11.6. The van der Waals surface area contributed by atoms with Gasteiger partial charge in [-0.3, -0.25) is 0 Å². The highest BCUT2D eigenvalue weighted by Crippen LogP contribution is 2.27. The lowest BCUT2D eigenvalue weighted by Crippen LogP contribution is -2.39. The van der Waals surface area contributed by atoms with Crippen molar-refractivity contribution in [3.8, 4) is 5.75 Å². The van der Waals surface area contributed by atoms with Crippen LogP contribution in [0.1, 0.15) is 25.8 Å². The number of nitrogens with two attached hydrogens (primary N) is 1. The summed E-state index contributed by atoms with van der Waals surface area (Å²) < 4.78 is 5.57. The Labute approximate surface area is 97.0 Å². The number of aryl methyl sites for hydroxylation is 1. The molecule has 0 saturated heterocycles. The predicted octanol–water partition coefficient (Wildman–Crippen LogP) is 2.16. The van der Waals surface area contributed by atoms with Gasteiger partial charge in [0.2, 0.25) is 0 Å². The van der Waals surface area contributed by atoms with E-state index in [1.165, 1.54) is 5.56 Å². The molecule has 1 aliphatic rings. The second-order valence-corrected chi connectivity index (χ2v) is 5.12. The van der Waals surface area contributed by atoms with Gasteiger partial charge in [-0.05, 0) is 50.5 Å². The molecule has 3 nitrogen and oxygen atoms in total. The molecule has 0 bridgehead atoms. The summed E-state index contributed by atoms with van der Waals surface area (Å²) >= 11 is 0. The number of benzene rings is 1. The van der Waals surface area contributed by atoms with E-state index in [-0.39, 0.29) is 5.54 Å². The Kier molecular flexibility index (Phi) is 3.06. The maximum atomic E-state index is 5.93. The lowest BCUT2D eigenvalue weighted by Gasteiger charge is -2.22. The molecule has 88 valence electrons. The van der Waals surface area contributed by atoms with Crippen LogP contribution in [0, 0.1) is 0 Å². The van der Waals surface area contributed by atoms with E-state index in [0.29, 0.717) is 0 Å². The van der Waals surface area contributed by atoms with Crippen LogP contribution >= 0.6 is 0 Å². The molecule has 0 unspecified atom stereocenters. The Hall–Kier alpha value is -1.22. The molecule has 0 aromatic heterocycles. The average molecular weight is 220 g/mol. The van der Waals surface area contributed by atoms with Crippen LogP contribution in [0.4, 0.5) is 5.69 Å². The molecule has 16 heavy (non-hydrogen) atoms. The second kappa shape index (κ2) is 4.34. The van der Waals surface area contributed by atoms with E-state index in [1.54, 1.807) is 0 Å². The standard InChI is InChI=1S/C13H20N2O/c1-13(2,14)9-15-11-5-6-12-10(8-11)4-3-7-16-12/h5-6,8,15H,3-4,7,9,14H2,1-2H3. The number of hydrogen-bond donors (Lipinski definition) is 2. The lowest BCUT2D eigenvalue weighted by molar-refractivity contribution is 0.288. The maximum absolute atomic E-state index is 5.93. The molecule has 0 amide bonds. The lowest BCUT2D eigenvalue weighted by atomic mass is 10.0. The third-order valence-corrected chi connectivity index (χ3v) is 2.66. The highest BCUT2D eigenvalue weighted by molar-refractivity contribution is 5.52. The molecule has 1 heterocycles. The molecule has 0 aliphatic carbocycles. The predicted molar refractivity (Wildman–Crippen MR) is 67.0 cm³/mol. The van der Waals surface area contributed by atoms with Crippen molar-refractivity contribution in [1.82, 2.24) is 0 Å². The first-order valence-corrected chi connectivity index (χ1v) is 5.83. The highest BCUT2D eigenvalue weighted by Gasteiger charge is 2.12. The van der Waals surface area contributed by atoms with Crippen molar-refractivity contribution in [2.45, 2.75) is 32.2 Å². The molecule has 1 aromatic rings. The summed E-state index contributed by atoms with van der Waals surface area (Å²) in [5.74, 6) is 1.03. The van der Waals surface area contributed by atoms with Gasteiger partial charge in [0, 0.05) is 17.8 Å². The minimum absolute atomic E-state index is 0.188. The van der Waals surface area contributed by atoms with Gasteiger partial charge in [-0.25, -0.2) is 0 Å². The topological polar surface area (TPSA) is 47.3 Å². The Morgan fingerprint density at radius 3 is 3.00 bits per heavy atom. The summed E-state index contributed by atoms with van der Waals surface area (Å²) in [6, 6.07) is 6.26. The summed E-state index contributed by atoms with van der Waals surface area (Å²) in [6.45, 7) is 5.64. The number of rotatable bonds is 3. The van der Waals surface area contributed by atoms with E-state index in [4.69, 9.17) is 10.5 Å². The van der Waals surface area contributed by atoms with Crippen molar-refractivity contribution in [2.75, 3.05) is 18.5 Å². The minimum atomic E-state index is -0.188. The molecule has 0 fully saturated rings. The molecule has 1 aliphatic heterocycles. The molecule has 0 atom stereocenters. The Morgan fingerprint density at radius 2 is 2.25 bits per heavy atom. The number of fused-ring (bicyclic) bond motifs is 1. The molecule has 3 heteroatoms. The summed E-state index contributed by atoms with van der Waals surface area (Å²) in [7, 11) is 0. The SMILES string of the molecule is CC(C)(N)CNc1ccc2c(c1)CCCO2. The molecule has 1 aromatic carbocycles. The van der Waals surface area contributed by atoms with Crippen molar-refractivity contribution in [1.29, 1.82) is 0 Å². The van der Waals surface area contributed by atoms with Crippen LogP contribution in [-0.4, -0.2) is 18.7 Å². The maximum Gasteiger partial charge on any atom is 0.122 e. The Bertz CT molecular complexity index is 369. The third kappa shape index (κ3) is 2.89. The van der Waals surface area contributed by atoms with Crippen LogP contribution in [-0.2, 0) is 6.42 Å². The van der Waals surface area contributed by atoms with E-state index >= 15 is 0 Å².